The maximum Gasteiger partial charge on any atom is 0.257 e. The number of aromatic nitrogens is 1. The Labute approximate surface area is 139 Å². The molecule has 126 valence electrons. The highest BCUT2D eigenvalue weighted by molar-refractivity contribution is 6.04. The summed E-state index contributed by atoms with van der Waals surface area (Å²) in [6, 6.07) is 5.05. The van der Waals surface area contributed by atoms with Gasteiger partial charge in [0.15, 0.2) is 11.6 Å². The molecule has 0 saturated carbocycles. The average Bonchev–Trinajstić information content (AvgIpc) is 2.88. The van der Waals surface area contributed by atoms with Crippen LogP contribution in [0.15, 0.2) is 36.7 Å². The normalized spacial score (nSPS) is 15.0. The van der Waals surface area contributed by atoms with E-state index >= 15 is 0 Å². The maximum atomic E-state index is 13.2. The SMILES string of the molecule is O=C(Nc1ccc(F)c(F)c1)c1cncc(N2CCCCCC2)c1. The van der Waals surface area contributed by atoms with Crippen LogP contribution in [-0.4, -0.2) is 24.0 Å². The van der Waals surface area contributed by atoms with Gasteiger partial charge in [-0.05, 0) is 31.0 Å². The van der Waals surface area contributed by atoms with Crippen molar-refractivity contribution in [1.82, 2.24) is 4.98 Å². The van der Waals surface area contributed by atoms with Crippen LogP contribution >= 0.6 is 0 Å². The van der Waals surface area contributed by atoms with Crippen LogP contribution in [0.3, 0.4) is 0 Å². The topological polar surface area (TPSA) is 45.2 Å². The summed E-state index contributed by atoms with van der Waals surface area (Å²) in [5.41, 5.74) is 1.51. The lowest BCUT2D eigenvalue weighted by Gasteiger charge is -2.22. The van der Waals surface area contributed by atoms with Crippen molar-refractivity contribution >= 4 is 17.3 Å². The second-order valence-corrected chi connectivity index (χ2v) is 5.92. The van der Waals surface area contributed by atoms with Crippen LogP contribution in [0.2, 0.25) is 0 Å². The number of rotatable bonds is 3. The quantitative estimate of drug-likeness (QED) is 0.925. The van der Waals surface area contributed by atoms with Gasteiger partial charge in [-0.3, -0.25) is 9.78 Å². The van der Waals surface area contributed by atoms with Gasteiger partial charge in [0.05, 0.1) is 17.4 Å². The van der Waals surface area contributed by atoms with Gasteiger partial charge in [0.1, 0.15) is 0 Å². The molecule has 1 aliphatic heterocycles. The minimum Gasteiger partial charge on any atom is -0.370 e. The average molecular weight is 331 g/mol. The predicted octanol–water partition coefficient (Wildman–Crippen LogP) is 3.99. The Morgan fingerprint density at radius 1 is 1.00 bits per heavy atom. The fourth-order valence-corrected chi connectivity index (χ4v) is 2.83. The Bertz CT molecular complexity index is 728. The van der Waals surface area contributed by atoms with Gasteiger partial charge < -0.3 is 10.2 Å². The van der Waals surface area contributed by atoms with Crippen LogP contribution in [0.5, 0.6) is 0 Å². The number of amides is 1. The van der Waals surface area contributed by atoms with Gasteiger partial charge in [-0.15, -0.1) is 0 Å². The zero-order valence-electron chi connectivity index (χ0n) is 13.3. The van der Waals surface area contributed by atoms with Gasteiger partial charge in [-0.25, -0.2) is 8.78 Å². The van der Waals surface area contributed by atoms with Gasteiger partial charge in [-0.2, -0.15) is 0 Å². The lowest BCUT2D eigenvalue weighted by atomic mass is 10.2. The summed E-state index contributed by atoms with van der Waals surface area (Å²) in [7, 11) is 0. The Hall–Kier alpha value is -2.50. The van der Waals surface area contributed by atoms with E-state index < -0.39 is 17.5 Å². The second kappa shape index (κ2) is 7.38. The van der Waals surface area contributed by atoms with Crippen molar-refractivity contribution in [3.63, 3.8) is 0 Å². The molecule has 24 heavy (non-hydrogen) atoms. The van der Waals surface area contributed by atoms with Crippen molar-refractivity contribution in [2.75, 3.05) is 23.3 Å². The molecule has 1 amide bonds. The minimum atomic E-state index is -0.996. The molecule has 0 spiro atoms. The molecule has 1 fully saturated rings. The first-order chi connectivity index (χ1) is 11.6. The van der Waals surface area contributed by atoms with E-state index in [4.69, 9.17) is 0 Å². The molecule has 6 heteroatoms. The molecule has 3 rings (SSSR count). The first kappa shape index (κ1) is 16.4. The van der Waals surface area contributed by atoms with Crippen molar-refractivity contribution in [2.45, 2.75) is 25.7 Å². The van der Waals surface area contributed by atoms with Crippen molar-refractivity contribution in [3.8, 4) is 0 Å². The van der Waals surface area contributed by atoms with E-state index in [1.54, 1.807) is 12.3 Å². The van der Waals surface area contributed by atoms with E-state index in [2.05, 4.69) is 15.2 Å². The Morgan fingerprint density at radius 3 is 2.46 bits per heavy atom. The largest absolute Gasteiger partial charge is 0.370 e. The van der Waals surface area contributed by atoms with Crippen LogP contribution in [0.4, 0.5) is 20.2 Å². The van der Waals surface area contributed by atoms with Gasteiger partial charge >= 0.3 is 0 Å². The van der Waals surface area contributed by atoms with Crippen LogP contribution in [-0.2, 0) is 0 Å². The monoisotopic (exact) mass is 331 g/mol. The van der Waals surface area contributed by atoms with Crippen LogP contribution < -0.4 is 10.2 Å². The molecule has 2 aromatic rings. The summed E-state index contributed by atoms with van der Waals surface area (Å²) < 4.78 is 26.2. The molecule has 0 aliphatic carbocycles. The summed E-state index contributed by atoms with van der Waals surface area (Å²) in [5, 5.41) is 2.56. The number of anilines is 2. The van der Waals surface area contributed by atoms with E-state index in [0.717, 1.165) is 43.8 Å². The third-order valence-corrected chi connectivity index (χ3v) is 4.13. The van der Waals surface area contributed by atoms with Crippen molar-refractivity contribution in [2.24, 2.45) is 0 Å². The third-order valence-electron chi connectivity index (χ3n) is 4.13. The molecule has 1 aromatic heterocycles. The molecule has 0 radical (unpaired) electrons. The van der Waals surface area contributed by atoms with Gasteiger partial charge in [0, 0.05) is 31.0 Å². The number of pyridine rings is 1. The van der Waals surface area contributed by atoms with Gasteiger partial charge in [-0.1, -0.05) is 12.8 Å². The van der Waals surface area contributed by atoms with E-state index in [1.165, 1.54) is 25.1 Å². The summed E-state index contributed by atoms with van der Waals surface area (Å²) in [6.45, 7) is 1.91. The first-order valence-corrected chi connectivity index (χ1v) is 8.10. The molecular formula is C18H19F2N3O. The van der Waals surface area contributed by atoms with Crippen molar-refractivity contribution in [1.29, 1.82) is 0 Å². The highest BCUT2D eigenvalue weighted by atomic mass is 19.2. The van der Waals surface area contributed by atoms with E-state index in [0.29, 0.717) is 5.56 Å². The molecule has 0 unspecified atom stereocenters. The van der Waals surface area contributed by atoms with Crippen molar-refractivity contribution < 1.29 is 13.6 Å². The summed E-state index contributed by atoms with van der Waals surface area (Å²) in [4.78, 5) is 18.7. The van der Waals surface area contributed by atoms with Crippen LogP contribution in [0.1, 0.15) is 36.0 Å². The number of nitrogens with one attached hydrogen (secondary N) is 1. The fourth-order valence-electron chi connectivity index (χ4n) is 2.83. The molecule has 1 aliphatic rings. The van der Waals surface area contributed by atoms with E-state index in [9.17, 15) is 13.6 Å². The van der Waals surface area contributed by atoms with Crippen molar-refractivity contribution in [3.05, 3.63) is 53.9 Å². The number of halogens is 2. The molecule has 0 bridgehead atoms. The van der Waals surface area contributed by atoms with Crippen LogP contribution in [0.25, 0.3) is 0 Å². The van der Waals surface area contributed by atoms with E-state index in [-0.39, 0.29) is 5.69 Å². The number of carbonyl (C=O) groups excluding carboxylic acids is 1. The molecular weight excluding hydrogens is 312 g/mol. The van der Waals surface area contributed by atoms with E-state index in [1.807, 2.05) is 0 Å². The third kappa shape index (κ3) is 3.88. The Kier molecular flexibility index (Phi) is 5.03. The Balaban J connectivity index is 1.74. The number of hydrogen-bond acceptors (Lipinski definition) is 3. The lowest BCUT2D eigenvalue weighted by Crippen LogP contribution is -2.24. The Morgan fingerprint density at radius 2 is 1.75 bits per heavy atom. The lowest BCUT2D eigenvalue weighted by molar-refractivity contribution is 0.102. The van der Waals surface area contributed by atoms with Crippen LogP contribution in [0, 0.1) is 11.6 Å². The first-order valence-electron chi connectivity index (χ1n) is 8.10. The molecule has 4 nitrogen and oxygen atoms in total. The number of benzene rings is 1. The summed E-state index contributed by atoms with van der Waals surface area (Å²) in [6.07, 6.45) is 7.92. The zero-order chi connectivity index (χ0) is 16.9. The fraction of sp³-hybridized carbons (Fsp3) is 0.333. The summed E-state index contributed by atoms with van der Waals surface area (Å²) in [5.74, 6) is -2.34. The molecule has 0 atom stereocenters. The van der Waals surface area contributed by atoms with Gasteiger partial charge in [0.2, 0.25) is 0 Å². The predicted molar refractivity (Wildman–Crippen MR) is 89.2 cm³/mol. The molecule has 1 saturated heterocycles. The zero-order valence-corrected chi connectivity index (χ0v) is 13.3. The number of hydrogen-bond donors (Lipinski definition) is 1. The highest BCUT2D eigenvalue weighted by Gasteiger charge is 2.14. The number of nitrogens with zero attached hydrogens (tertiary/aromatic N) is 2. The number of carbonyl (C=O) groups is 1. The molecule has 1 N–H and O–H groups in total. The smallest absolute Gasteiger partial charge is 0.257 e. The second-order valence-electron chi connectivity index (χ2n) is 5.92. The standard InChI is InChI=1S/C18H19F2N3O/c19-16-6-5-14(10-17(16)20)22-18(24)13-9-15(12-21-11-13)23-7-3-1-2-4-8-23/h5-6,9-12H,1-4,7-8H2,(H,22,24). The van der Waals surface area contributed by atoms with Gasteiger partial charge in [0.25, 0.3) is 5.91 Å². The maximum absolute atomic E-state index is 13.2. The minimum absolute atomic E-state index is 0.207. The summed E-state index contributed by atoms with van der Waals surface area (Å²) >= 11 is 0. The highest BCUT2D eigenvalue weighted by Crippen LogP contribution is 2.20. The molecule has 2 heterocycles. The molecule has 1 aromatic carbocycles.